The highest BCUT2D eigenvalue weighted by Crippen LogP contribution is 2.34. The van der Waals surface area contributed by atoms with E-state index in [0.29, 0.717) is 16.3 Å². The van der Waals surface area contributed by atoms with Crippen LogP contribution in [0.4, 0.5) is 0 Å². The average Bonchev–Trinajstić information content (AvgIpc) is 3.03. The number of hydrogen-bond acceptors (Lipinski definition) is 3. The molecule has 3 nitrogen and oxygen atoms in total. The highest BCUT2D eigenvalue weighted by Gasteiger charge is 2.25. The molecule has 0 saturated carbocycles. The summed E-state index contributed by atoms with van der Waals surface area (Å²) in [4.78, 5) is 11.4. The fraction of sp³-hybridized carbons (Fsp3) is 0.0714. The van der Waals surface area contributed by atoms with Gasteiger partial charge in [-0.15, -0.1) is 0 Å². The van der Waals surface area contributed by atoms with Gasteiger partial charge in [0.2, 0.25) is 0 Å². The fourth-order valence-electron chi connectivity index (χ4n) is 2.07. The van der Waals surface area contributed by atoms with E-state index >= 15 is 0 Å². The molecule has 3 rings (SSSR count). The molecule has 1 unspecified atom stereocenters. The fourth-order valence-corrected chi connectivity index (χ4v) is 2.07. The molecular weight excluding hydrogens is 216 g/mol. The highest BCUT2D eigenvalue weighted by atomic mass is 16.3. The number of hydrogen-bond donors (Lipinski definition) is 2. The number of aliphatic hydroxyl groups is 1. The molecule has 0 saturated heterocycles. The van der Waals surface area contributed by atoms with E-state index in [1.54, 1.807) is 18.2 Å². The molecule has 2 N–H and O–H groups in total. The topological polar surface area (TPSA) is 57.5 Å². The van der Waals surface area contributed by atoms with Crippen molar-refractivity contribution in [2.24, 2.45) is 0 Å². The molecule has 3 aromatic carbocycles. The number of rotatable bonds is 2. The van der Waals surface area contributed by atoms with Crippen LogP contribution in [0.2, 0.25) is 0 Å². The first kappa shape index (κ1) is 10.1. The van der Waals surface area contributed by atoms with Gasteiger partial charge in [-0.1, -0.05) is 36.4 Å². The van der Waals surface area contributed by atoms with Crippen LogP contribution in [-0.4, -0.2) is 10.2 Å². The molecule has 0 amide bonds. The summed E-state index contributed by atoms with van der Waals surface area (Å²) in [6.07, 6.45) is -0.822. The zero-order valence-corrected chi connectivity index (χ0v) is 8.92. The average molecular weight is 226 g/mol. The van der Waals surface area contributed by atoms with Gasteiger partial charge in [0.15, 0.2) is 5.43 Å². The molecule has 84 valence electrons. The van der Waals surface area contributed by atoms with E-state index in [2.05, 4.69) is 0 Å². The van der Waals surface area contributed by atoms with Crippen molar-refractivity contribution in [3.63, 3.8) is 0 Å². The molecule has 3 heteroatoms. The van der Waals surface area contributed by atoms with Crippen LogP contribution in [0, 0.1) is 0 Å². The van der Waals surface area contributed by atoms with Crippen LogP contribution in [0.15, 0.2) is 47.3 Å². The normalized spacial score (nSPS) is 13.2. The summed E-state index contributed by atoms with van der Waals surface area (Å²) >= 11 is 0. The summed E-state index contributed by atoms with van der Waals surface area (Å²) in [5.74, 6) is -0.00554. The third-order valence-corrected chi connectivity index (χ3v) is 3.02. The Morgan fingerprint density at radius 1 is 0.941 bits per heavy atom. The number of phenols is 1. The van der Waals surface area contributed by atoms with Crippen molar-refractivity contribution in [2.75, 3.05) is 0 Å². The van der Waals surface area contributed by atoms with Gasteiger partial charge < -0.3 is 10.2 Å². The molecule has 0 spiro atoms. The minimum absolute atomic E-state index is 0.00554. The molecule has 0 bridgehead atoms. The highest BCUT2D eigenvalue weighted by molar-refractivity contribution is 6.04. The van der Waals surface area contributed by atoms with E-state index < -0.39 is 6.10 Å². The lowest BCUT2D eigenvalue weighted by Crippen LogP contribution is -1.98. The Morgan fingerprint density at radius 2 is 1.65 bits per heavy atom. The zero-order valence-electron chi connectivity index (χ0n) is 8.92. The zero-order chi connectivity index (χ0) is 12.0. The molecule has 0 radical (unpaired) electrons. The van der Waals surface area contributed by atoms with E-state index in [1.807, 2.05) is 18.2 Å². The van der Waals surface area contributed by atoms with Crippen LogP contribution < -0.4 is 5.43 Å². The quantitative estimate of drug-likeness (QED) is 0.701. The maximum Gasteiger partial charge on any atom is 0.198 e. The van der Waals surface area contributed by atoms with Gasteiger partial charge in [0, 0.05) is 5.39 Å². The second-order valence-corrected chi connectivity index (χ2v) is 4.07. The maximum absolute atomic E-state index is 11.4. The van der Waals surface area contributed by atoms with Gasteiger partial charge in [0.1, 0.15) is 11.9 Å². The van der Waals surface area contributed by atoms with Crippen molar-refractivity contribution in [1.29, 1.82) is 0 Å². The van der Waals surface area contributed by atoms with Gasteiger partial charge in [-0.3, -0.25) is 4.79 Å². The number of benzene rings is 2. The predicted octanol–water partition coefficient (Wildman–Crippen LogP) is 1.86. The molecule has 0 aromatic heterocycles. The lowest BCUT2D eigenvalue weighted by molar-refractivity contribution is 0.222. The predicted molar refractivity (Wildman–Crippen MR) is 64.8 cm³/mol. The van der Waals surface area contributed by atoms with E-state index in [9.17, 15) is 15.0 Å². The number of aliphatic hydroxyl groups excluding tert-OH is 1. The van der Waals surface area contributed by atoms with E-state index in [-0.39, 0.29) is 11.2 Å². The first-order chi connectivity index (χ1) is 8.20. The largest absolute Gasteiger partial charge is 0.507 e. The molecule has 1 atom stereocenters. The van der Waals surface area contributed by atoms with Gasteiger partial charge >= 0.3 is 0 Å². The Bertz CT molecular complexity index is 691. The van der Waals surface area contributed by atoms with Gasteiger partial charge in [-0.25, -0.2) is 0 Å². The van der Waals surface area contributed by atoms with Crippen molar-refractivity contribution < 1.29 is 10.2 Å². The Balaban J connectivity index is 2.11. The minimum Gasteiger partial charge on any atom is -0.507 e. The van der Waals surface area contributed by atoms with Crippen molar-refractivity contribution in [3.05, 3.63) is 63.8 Å². The van der Waals surface area contributed by atoms with Crippen molar-refractivity contribution in [1.82, 2.24) is 0 Å². The van der Waals surface area contributed by atoms with E-state index in [0.717, 1.165) is 5.56 Å². The van der Waals surface area contributed by atoms with Crippen LogP contribution in [0.5, 0.6) is 5.75 Å². The Morgan fingerprint density at radius 3 is 2.35 bits per heavy atom. The van der Waals surface area contributed by atoms with Crippen LogP contribution in [-0.2, 0) is 0 Å². The smallest absolute Gasteiger partial charge is 0.198 e. The van der Waals surface area contributed by atoms with Crippen LogP contribution in [0.25, 0.3) is 10.8 Å². The second-order valence-electron chi connectivity index (χ2n) is 4.07. The molecular formula is C14H10O3. The number of phenolic OH excluding ortho intramolecular Hbond substituents is 1. The van der Waals surface area contributed by atoms with Crippen LogP contribution in [0.3, 0.4) is 0 Å². The summed E-state index contributed by atoms with van der Waals surface area (Å²) < 4.78 is 0. The van der Waals surface area contributed by atoms with E-state index in [4.69, 9.17) is 0 Å². The first-order valence-corrected chi connectivity index (χ1v) is 5.33. The summed E-state index contributed by atoms with van der Waals surface area (Å²) in [7, 11) is 0. The molecule has 0 fully saturated rings. The second kappa shape index (κ2) is 3.43. The third-order valence-electron chi connectivity index (χ3n) is 3.02. The van der Waals surface area contributed by atoms with Gasteiger partial charge in [0.05, 0.1) is 5.39 Å². The molecule has 0 aliphatic carbocycles. The maximum atomic E-state index is 11.4. The minimum atomic E-state index is -0.822. The lowest BCUT2D eigenvalue weighted by atomic mass is 10.0. The summed E-state index contributed by atoms with van der Waals surface area (Å²) in [5, 5.41) is 20.4. The number of fused-ring (bicyclic) bond motifs is 1. The first-order valence-electron chi connectivity index (χ1n) is 5.33. The monoisotopic (exact) mass is 226 g/mol. The SMILES string of the molecule is O=c1c2c(O)ccc(C(O)c3ccccc3)c12. The summed E-state index contributed by atoms with van der Waals surface area (Å²) in [6, 6.07) is 12.2. The Labute approximate surface area is 97.3 Å². The van der Waals surface area contributed by atoms with Gasteiger partial charge in [-0.05, 0) is 17.2 Å². The van der Waals surface area contributed by atoms with Crippen LogP contribution >= 0.6 is 0 Å². The summed E-state index contributed by atoms with van der Waals surface area (Å²) in [5.41, 5.74) is 1.13. The van der Waals surface area contributed by atoms with Gasteiger partial charge in [-0.2, -0.15) is 0 Å². The molecule has 3 aromatic rings. The lowest BCUT2D eigenvalue weighted by Gasteiger charge is -2.10. The third kappa shape index (κ3) is 1.44. The van der Waals surface area contributed by atoms with Crippen molar-refractivity contribution >= 4 is 10.8 Å². The molecule has 0 aliphatic heterocycles. The Hall–Kier alpha value is -2.13. The number of aromatic hydroxyl groups is 1. The molecule has 0 aliphatic rings. The van der Waals surface area contributed by atoms with Crippen LogP contribution in [0.1, 0.15) is 17.2 Å². The molecule has 17 heavy (non-hydrogen) atoms. The Kier molecular flexibility index (Phi) is 2.03. The van der Waals surface area contributed by atoms with E-state index in [1.165, 1.54) is 6.07 Å². The summed E-state index contributed by atoms with van der Waals surface area (Å²) in [6.45, 7) is 0. The van der Waals surface area contributed by atoms with Crippen molar-refractivity contribution in [3.8, 4) is 5.75 Å². The van der Waals surface area contributed by atoms with Crippen molar-refractivity contribution in [2.45, 2.75) is 6.10 Å². The van der Waals surface area contributed by atoms with Gasteiger partial charge in [0.25, 0.3) is 0 Å². The standard InChI is InChI=1S/C14H10O3/c15-10-7-6-9(11-12(10)14(11)17)13(16)8-4-2-1-3-5-8/h1-7,13,15-16H. The molecule has 0 heterocycles.